The second-order valence-corrected chi connectivity index (χ2v) is 4.75. The van der Waals surface area contributed by atoms with Crippen LogP contribution >= 0.6 is 0 Å². The highest BCUT2D eigenvalue weighted by Gasteiger charge is 2.16. The van der Waals surface area contributed by atoms with Crippen LogP contribution in [0.25, 0.3) is 11.0 Å². The third kappa shape index (κ3) is 2.04. The molecule has 0 amide bonds. The summed E-state index contributed by atoms with van der Waals surface area (Å²) < 4.78 is 7.76. The van der Waals surface area contributed by atoms with E-state index in [0.717, 1.165) is 34.4 Å². The summed E-state index contributed by atoms with van der Waals surface area (Å²) in [5.74, 6) is 0.778. The SMILES string of the molecule is CCn1cc(C(N)c2cc3cccc(C)c3o2)cn1. The largest absolute Gasteiger partial charge is 0.459 e. The molecule has 3 rings (SSSR count). The number of rotatable bonds is 3. The van der Waals surface area contributed by atoms with Crippen molar-refractivity contribution in [3.05, 3.63) is 53.5 Å². The number of hydrogen-bond acceptors (Lipinski definition) is 3. The van der Waals surface area contributed by atoms with Crippen molar-refractivity contribution in [1.29, 1.82) is 0 Å². The summed E-state index contributed by atoms with van der Waals surface area (Å²) >= 11 is 0. The first kappa shape index (κ1) is 12.0. The maximum Gasteiger partial charge on any atom is 0.137 e. The molecule has 0 saturated carbocycles. The topological polar surface area (TPSA) is 57.0 Å². The molecule has 2 heterocycles. The second kappa shape index (κ2) is 4.55. The quantitative estimate of drug-likeness (QED) is 0.782. The number of aryl methyl sites for hydroxylation is 2. The number of fused-ring (bicyclic) bond motifs is 1. The fraction of sp³-hybridized carbons (Fsp3) is 0.267. The Morgan fingerprint density at radius 1 is 1.42 bits per heavy atom. The summed E-state index contributed by atoms with van der Waals surface area (Å²) in [6.45, 7) is 4.93. The van der Waals surface area contributed by atoms with Crippen molar-refractivity contribution < 1.29 is 4.42 Å². The lowest BCUT2D eigenvalue weighted by molar-refractivity contribution is 0.523. The van der Waals surface area contributed by atoms with Crippen LogP contribution in [-0.2, 0) is 6.54 Å². The Bertz CT molecular complexity index is 711. The lowest BCUT2D eigenvalue weighted by Crippen LogP contribution is -2.10. The number of nitrogens with zero attached hydrogens (tertiary/aromatic N) is 2. The van der Waals surface area contributed by atoms with E-state index in [1.54, 1.807) is 6.20 Å². The van der Waals surface area contributed by atoms with Crippen molar-refractivity contribution >= 4 is 11.0 Å². The van der Waals surface area contributed by atoms with Crippen molar-refractivity contribution in [3.63, 3.8) is 0 Å². The van der Waals surface area contributed by atoms with Crippen LogP contribution < -0.4 is 5.73 Å². The summed E-state index contributed by atoms with van der Waals surface area (Å²) in [4.78, 5) is 0. The van der Waals surface area contributed by atoms with Gasteiger partial charge in [-0.1, -0.05) is 18.2 Å². The van der Waals surface area contributed by atoms with Crippen LogP contribution in [0.2, 0.25) is 0 Å². The predicted octanol–water partition coefficient (Wildman–Crippen LogP) is 3.01. The zero-order chi connectivity index (χ0) is 13.4. The molecule has 0 saturated heterocycles. The van der Waals surface area contributed by atoms with Crippen molar-refractivity contribution in [2.24, 2.45) is 5.73 Å². The molecule has 2 aromatic heterocycles. The highest BCUT2D eigenvalue weighted by molar-refractivity contribution is 5.81. The predicted molar refractivity (Wildman–Crippen MR) is 74.9 cm³/mol. The summed E-state index contributed by atoms with van der Waals surface area (Å²) in [6, 6.07) is 7.84. The third-order valence-corrected chi connectivity index (χ3v) is 3.40. The maximum atomic E-state index is 6.25. The van der Waals surface area contributed by atoms with Gasteiger partial charge in [-0.15, -0.1) is 0 Å². The average molecular weight is 255 g/mol. The highest BCUT2D eigenvalue weighted by Crippen LogP contribution is 2.28. The standard InChI is InChI=1S/C15H17N3O/c1-3-18-9-12(8-17-18)14(16)13-7-11-6-4-5-10(2)15(11)19-13/h4-9,14H,3,16H2,1-2H3. The average Bonchev–Trinajstić information content (AvgIpc) is 3.05. The first-order chi connectivity index (χ1) is 9.19. The molecule has 0 aliphatic rings. The van der Waals surface area contributed by atoms with Crippen LogP contribution in [0.15, 0.2) is 41.1 Å². The number of aromatic nitrogens is 2. The normalized spacial score (nSPS) is 13.0. The molecular weight excluding hydrogens is 238 g/mol. The van der Waals surface area contributed by atoms with Gasteiger partial charge in [0.1, 0.15) is 11.3 Å². The minimum Gasteiger partial charge on any atom is -0.459 e. The van der Waals surface area contributed by atoms with E-state index >= 15 is 0 Å². The van der Waals surface area contributed by atoms with Gasteiger partial charge >= 0.3 is 0 Å². The van der Waals surface area contributed by atoms with Gasteiger partial charge in [-0.05, 0) is 25.5 Å². The summed E-state index contributed by atoms with van der Waals surface area (Å²) in [7, 11) is 0. The van der Waals surface area contributed by atoms with Crippen molar-refractivity contribution in [3.8, 4) is 0 Å². The van der Waals surface area contributed by atoms with Gasteiger partial charge in [0.2, 0.25) is 0 Å². The minimum absolute atomic E-state index is 0.271. The third-order valence-electron chi connectivity index (χ3n) is 3.40. The molecule has 3 aromatic rings. The molecule has 4 heteroatoms. The molecule has 0 fully saturated rings. The number of para-hydroxylation sites is 1. The lowest BCUT2D eigenvalue weighted by atomic mass is 10.1. The molecule has 1 unspecified atom stereocenters. The maximum absolute atomic E-state index is 6.25. The number of benzene rings is 1. The van der Waals surface area contributed by atoms with E-state index in [9.17, 15) is 0 Å². The van der Waals surface area contributed by atoms with E-state index in [4.69, 9.17) is 10.2 Å². The first-order valence-electron chi connectivity index (χ1n) is 6.46. The first-order valence-corrected chi connectivity index (χ1v) is 6.46. The van der Waals surface area contributed by atoms with Crippen molar-refractivity contribution in [2.75, 3.05) is 0 Å². The zero-order valence-electron chi connectivity index (χ0n) is 11.1. The summed E-state index contributed by atoms with van der Waals surface area (Å²) in [5.41, 5.74) is 9.26. The van der Waals surface area contributed by atoms with Crippen LogP contribution in [0.4, 0.5) is 0 Å². The van der Waals surface area contributed by atoms with Crippen LogP contribution in [0.3, 0.4) is 0 Å². The van der Waals surface area contributed by atoms with Gasteiger partial charge in [0, 0.05) is 23.7 Å². The molecule has 19 heavy (non-hydrogen) atoms. The number of furan rings is 1. The van der Waals surface area contributed by atoms with Crippen LogP contribution in [0.1, 0.15) is 29.9 Å². The Labute approximate surface area is 111 Å². The second-order valence-electron chi connectivity index (χ2n) is 4.75. The molecule has 0 aliphatic carbocycles. The van der Waals surface area contributed by atoms with E-state index < -0.39 is 0 Å². The van der Waals surface area contributed by atoms with Crippen LogP contribution in [0.5, 0.6) is 0 Å². The van der Waals surface area contributed by atoms with E-state index in [2.05, 4.69) is 5.10 Å². The van der Waals surface area contributed by atoms with Crippen molar-refractivity contribution in [2.45, 2.75) is 26.4 Å². The molecule has 0 aliphatic heterocycles. The fourth-order valence-corrected chi connectivity index (χ4v) is 2.26. The molecule has 4 nitrogen and oxygen atoms in total. The molecule has 98 valence electrons. The van der Waals surface area contributed by atoms with Gasteiger partial charge in [0.15, 0.2) is 0 Å². The lowest BCUT2D eigenvalue weighted by Gasteiger charge is -2.04. The monoisotopic (exact) mass is 255 g/mol. The summed E-state index contributed by atoms with van der Waals surface area (Å²) in [5, 5.41) is 5.34. The Balaban J connectivity index is 2.01. The molecule has 2 N–H and O–H groups in total. The zero-order valence-corrected chi connectivity index (χ0v) is 11.1. The van der Waals surface area contributed by atoms with Crippen molar-refractivity contribution in [1.82, 2.24) is 9.78 Å². The van der Waals surface area contributed by atoms with Gasteiger partial charge < -0.3 is 10.2 Å². The summed E-state index contributed by atoms with van der Waals surface area (Å²) in [6.07, 6.45) is 3.76. The van der Waals surface area contributed by atoms with Crippen LogP contribution in [-0.4, -0.2) is 9.78 Å². The van der Waals surface area contributed by atoms with Gasteiger partial charge in [-0.2, -0.15) is 5.10 Å². The molecular formula is C15H17N3O. The number of nitrogens with two attached hydrogens (primary N) is 1. The number of hydrogen-bond donors (Lipinski definition) is 1. The Hall–Kier alpha value is -2.07. The molecule has 1 atom stereocenters. The van der Waals surface area contributed by atoms with Gasteiger partial charge in [-0.25, -0.2) is 0 Å². The highest BCUT2D eigenvalue weighted by atomic mass is 16.3. The van der Waals surface area contributed by atoms with E-state index in [1.165, 1.54) is 0 Å². The molecule has 0 radical (unpaired) electrons. The van der Waals surface area contributed by atoms with E-state index in [1.807, 2.05) is 49.0 Å². The van der Waals surface area contributed by atoms with Gasteiger partial charge in [0.25, 0.3) is 0 Å². The fourth-order valence-electron chi connectivity index (χ4n) is 2.26. The molecule has 1 aromatic carbocycles. The van der Waals surface area contributed by atoms with Crippen LogP contribution in [0, 0.1) is 6.92 Å². The van der Waals surface area contributed by atoms with Gasteiger partial charge in [-0.3, -0.25) is 4.68 Å². The molecule has 0 bridgehead atoms. The Morgan fingerprint density at radius 2 is 2.26 bits per heavy atom. The van der Waals surface area contributed by atoms with E-state index in [0.29, 0.717) is 0 Å². The Kier molecular flexibility index (Phi) is 2.87. The molecule has 0 spiro atoms. The van der Waals surface area contributed by atoms with Gasteiger partial charge in [0.05, 0.1) is 12.2 Å². The smallest absolute Gasteiger partial charge is 0.137 e. The Morgan fingerprint density at radius 3 is 2.95 bits per heavy atom. The minimum atomic E-state index is -0.271. The van der Waals surface area contributed by atoms with E-state index in [-0.39, 0.29) is 6.04 Å².